The number of hydrogen-bond acceptors (Lipinski definition) is 7. The first-order chi connectivity index (χ1) is 29.4. The number of carbonyl (C=O) groups excluding carboxylic acids is 1. The number of unbranched alkanes of at least 4 members (excludes halogenated alkanes) is 9. The number of rotatable bonds is 42. The van der Waals surface area contributed by atoms with Crippen molar-refractivity contribution < 1.29 is 32.8 Å². The van der Waals surface area contributed by atoms with E-state index in [1.54, 1.807) is 0 Å². The summed E-state index contributed by atoms with van der Waals surface area (Å²) in [5.41, 5.74) is 5.37. The molecule has 0 saturated heterocycles. The van der Waals surface area contributed by atoms with Crippen LogP contribution >= 0.6 is 7.82 Å². The highest BCUT2D eigenvalue weighted by molar-refractivity contribution is 7.47. The Morgan fingerprint density at radius 2 is 0.883 bits per heavy atom. The van der Waals surface area contributed by atoms with Crippen LogP contribution in [0.2, 0.25) is 0 Å². The van der Waals surface area contributed by atoms with E-state index in [0.29, 0.717) is 13.0 Å². The van der Waals surface area contributed by atoms with Gasteiger partial charge in [-0.3, -0.25) is 13.8 Å². The maximum atomic E-state index is 12.6. The van der Waals surface area contributed by atoms with Crippen molar-refractivity contribution in [1.82, 2.24) is 0 Å². The third-order valence-electron chi connectivity index (χ3n) is 8.87. The Bertz CT molecular complexity index is 1320. The van der Waals surface area contributed by atoms with E-state index in [9.17, 15) is 14.3 Å². The van der Waals surface area contributed by atoms with Crippen LogP contribution in [0.5, 0.6) is 0 Å². The van der Waals surface area contributed by atoms with Crippen molar-refractivity contribution in [2.75, 3.05) is 33.0 Å². The highest BCUT2D eigenvalue weighted by Crippen LogP contribution is 2.43. The molecule has 0 radical (unpaired) electrons. The van der Waals surface area contributed by atoms with Gasteiger partial charge < -0.3 is 20.1 Å². The molecule has 0 aliphatic carbocycles. The molecule has 0 rings (SSSR count). The molecular weight excluding hydrogens is 770 g/mol. The molecule has 0 aromatic rings. The van der Waals surface area contributed by atoms with E-state index in [0.717, 1.165) is 109 Å². The Morgan fingerprint density at radius 3 is 1.32 bits per heavy atom. The molecule has 60 heavy (non-hydrogen) atoms. The largest absolute Gasteiger partial charge is 0.472 e. The first-order valence-electron chi connectivity index (χ1n) is 23.0. The summed E-state index contributed by atoms with van der Waals surface area (Å²) in [6, 6.07) is 0. The molecule has 0 bridgehead atoms. The van der Waals surface area contributed by atoms with E-state index in [1.807, 2.05) is 0 Å². The van der Waals surface area contributed by atoms with Crippen LogP contribution in [0.25, 0.3) is 0 Å². The molecule has 0 spiro atoms. The Labute approximate surface area is 366 Å². The van der Waals surface area contributed by atoms with Gasteiger partial charge in [0.1, 0.15) is 6.10 Å². The van der Waals surface area contributed by atoms with Crippen molar-refractivity contribution in [2.24, 2.45) is 5.73 Å². The van der Waals surface area contributed by atoms with E-state index in [2.05, 4.69) is 135 Å². The Hall–Kier alpha value is -3.10. The lowest BCUT2D eigenvalue weighted by molar-refractivity contribution is -0.154. The van der Waals surface area contributed by atoms with E-state index >= 15 is 0 Å². The predicted molar refractivity (Wildman–Crippen MR) is 256 cm³/mol. The molecule has 3 N–H and O–H groups in total. The molecule has 8 nitrogen and oxygen atoms in total. The minimum atomic E-state index is -4.30. The zero-order chi connectivity index (χ0) is 43.7. The van der Waals surface area contributed by atoms with Gasteiger partial charge in [-0.2, -0.15) is 0 Å². The van der Waals surface area contributed by atoms with Crippen molar-refractivity contribution in [2.45, 2.75) is 161 Å². The summed E-state index contributed by atoms with van der Waals surface area (Å²) < 4.78 is 33.5. The molecule has 340 valence electrons. The van der Waals surface area contributed by atoms with Gasteiger partial charge in [-0.05, 0) is 103 Å². The van der Waals surface area contributed by atoms with Crippen molar-refractivity contribution in [3.05, 3.63) is 122 Å². The van der Waals surface area contributed by atoms with Gasteiger partial charge in [-0.25, -0.2) is 4.57 Å². The molecule has 2 atom stereocenters. The average molecular weight is 854 g/mol. The normalized spacial score (nSPS) is 14.5. The van der Waals surface area contributed by atoms with Crippen molar-refractivity contribution >= 4 is 13.8 Å². The first-order valence-corrected chi connectivity index (χ1v) is 24.5. The van der Waals surface area contributed by atoms with E-state index in [1.165, 1.54) is 19.3 Å². The van der Waals surface area contributed by atoms with Gasteiger partial charge in [-0.1, -0.05) is 167 Å². The van der Waals surface area contributed by atoms with Gasteiger partial charge in [0, 0.05) is 19.6 Å². The molecule has 0 fully saturated rings. The topological polar surface area (TPSA) is 117 Å². The van der Waals surface area contributed by atoms with Crippen molar-refractivity contribution in [3.63, 3.8) is 0 Å². The lowest BCUT2D eigenvalue weighted by Gasteiger charge is -2.20. The fraction of sp³-hybridized carbons (Fsp3) is 0.588. The standard InChI is InChI=1S/C51H84NO7P/c1-3-5-7-9-11-13-15-17-19-21-23-24-25-27-29-31-33-35-37-39-41-43-46-56-48-50(49-58-60(54,55)57-47-45-52)59-51(53)44-42-40-38-36-34-32-30-28-26-22-20-18-16-14-12-10-8-6-4-2/h5-8,11-14,17-20,23-24,26-29,32,34,50H,3-4,9-10,15-16,21-22,25,30-31,33,35-49,52H2,1-2H3,(H,54,55)/b7-5-,8-6-,13-11-,14-12-,19-17-,20-18-,24-23-,28-26-,29-27-,34-32-. The minimum Gasteiger partial charge on any atom is -0.457 e. The smallest absolute Gasteiger partial charge is 0.457 e. The molecule has 0 aromatic heterocycles. The second kappa shape index (κ2) is 47.0. The second-order valence-electron chi connectivity index (χ2n) is 14.5. The van der Waals surface area contributed by atoms with Crippen LogP contribution in [-0.2, 0) is 27.9 Å². The highest BCUT2D eigenvalue weighted by Gasteiger charge is 2.25. The minimum absolute atomic E-state index is 0.0833. The monoisotopic (exact) mass is 854 g/mol. The summed E-state index contributed by atoms with van der Waals surface area (Å²) in [7, 11) is -4.30. The Balaban J connectivity index is 4.14. The predicted octanol–water partition coefficient (Wildman–Crippen LogP) is 14.2. The summed E-state index contributed by atoms with van der Waals surface area (Å²) in [6.07, 6.45) is 65.1. The van der Waals surface area contributed by atoms with Gasteiger partial charge in [0.05, 0.1) is 19.8 Å². The molecule has 9 heteroatoms. The number of hydrogen-bond donors (Lipinski definition) is 2. The van der Waals surface area contributed by atoms with Crippen LogP contribution in [0, 0.1) is 0 Å². The van der Waals surface area contributed by atoms with E-state index in [4.69, 9.17) is 24.3 Å². The SMILES string of the molecule is CC/C=C\C/C=C\C/C=C\C/C=C\C/C=C\CCCCCCCCOCC(COP(=O)(O)OCCN)OC(=O)CCCCC/C=C\C/C=C\C/C=C\C/C=C\C/C=C\CC. The van der Waals surface area contributed by atoms with Crippen LogP contribution in [0.15, 0.2) is 122 Å². The molecule has 0 saturated carbocycles. The number of allylic oxidation sites excluding steroid dienone is 20. The van der Waals surface area contributed by atoms with E-state index in [-0.39, 0.29) is 38.8 Å². The zero-order valence-corrected chi connectivity index (χ0v) is 38.5. The summed E-state index contributed by atoms with van der Waals surface area (Å²) in [5.74, 6) is -0.373. The summed E-state index contributed by atoms with van der Waals surface area (Å²) in [4.78, 5) is 22.5. The third-order valence-corrected chi connectivity index (χ3v) is 9.86. The Morgan fingerprint density at radius 1 is 0.500 bits per heavy atom. The first kappa shape index (κ1) is 56.9. The Kier molecular flexibility index (Phi) is 44.5. The fourth-order valence-corrected chi connectivity index (χ4v) is 6.34. The van der Waals surface area contributed by atoms with Crippen LogP contribution in [0.4, 0.5) is 0 Å². The second-order valence-corrected chi connectivity index (χ2v) is 16.0. The molecule has 0 aromatic carbocycles. The quantitative estimate of drug-likeness (QED) is 0.0270. The molecular formula is C51H84NO7P. The van der Waals surface area contributed by atoms with Crippen molar-refractivity contribution in [3.8, 4) is 0 Å². The molecule has 2 unspecified atom stereocenters. The van der Waals surface area contributed by atoms with Gasteiger partial charge in [0.25, 0.3) is 0 Å². The third kappa shape index (κ3) is 46.0. The van der Waals surface area contributed by atoms with Crippen LogP contribution in [-0.4, -0.2) is 49.9 Å². The average Bonchev–Trinajstić information content (AvgIpc) is 3.24. The van der Waals surface area contributed by atoms with Gasteiger partial charge in [0.15, 0.2) is 0 Å². The lowest BCUT2D eigenvalue weighted by atomic mass is 10.1. The van der Waals surface area contributed by atoms with Gasteiger partial charge in [-0.15, -0.1) is 0 Å². The number of esters is 1. The number of ether oxygens (including phenoxy) is 2. The number of carbonyl (C=O) groups is 1. The summed E-state index contributed by atoms with van der Waals surface area (Å²) in [6.45, 7) is 4.57. The summed E-state index contributed by atoms with van der Waals surface area (Å²) in [5, 5.41) is 0. The maximum absolute atomic E-state index is 12.6. The molecule has 0 aliphatic rings. The van der Waals surface area contributed by atoms with Gasteiger partial charge >= 0.3 is 13.8 Å². The van der Waals surface area contributed by atoms with Gasteiger partial charge in [0.2, 0.25) is 0 Å². The number of phosphoric acid groups is 1. The fourth-order valence-electron chi connectivity index (χ4n) is 5.58. The highest BCUT2D eigenvalue weighted by atomic mass is 31.2. The lowest BCUT2D eigenvalue weighted by Crippen LogP contribution is -2.28. The number of phosphoric ester groups is 1. The van der Waals surface area contributed by atoms with Crippen molar-refractivity contribution in [1.29, 1.82) is 0 Å². The summed E-state index contributed by atoms with van der Waals surface area (Å²) >= 11 is 0. The molecule has 0 aliphatic heterocycles. The maximum Gasteiger partial charge on any atom is 0.472 e. The van der Waals surface area contributed by atoms with Crippen LogP contribution < -0.4 is 5.73 Å². The number of nitrogens with two attached hydrogens (primary N) is 1. The zero-order valence-electron chi connectivity index (χ0n) is 37.6. The van der Waals surface area contributed by atoms with Crippen LogP contribution in [0.3, 0.4) is 0 Å². The van der Waals surface area contributed by atoms with Crippen LogP contribution in [0.1, 0.15) is 155 Å². The molecule has 0 heterocycles. The van der Waals surface area contributed by atoms with E-state index < -0.39 is 13.9 Å². The molecule has 0 amide bonds.